The van der Waals surface area contributed by atoms with Gasteiger partial charge in [0, 0.05) is 10.9 Å². The van der Waals surface area contributed by atoms with Crippen molar-refractivity contribution in [1.29, 1.82) is 0 Å². The molecule has 2 unspecified atom stereocenters. The van der Waals surface area contributed by atoms with Gasteiger partial charge < -0.3 is 16.4 Å². The summed E-state index contributed by atoms with van der Waals surface area (Å²) in [4.78, 5) is 23.9. The number of nitrogens with two attached hydrogens (primary N) is 1. The molecule has 1 heterocycles. The Hall–Kier alpha value is -1.56. The summed E-state index contributed by atoms with van der Waals surface area (Å²) in [5.41, 5.74) is 5.16. The zero-order chi connectivity index (χ0) is 13.8. The highest BCUT2D eigenvalue weighted by Crippen LogP contribution is 2.32. The number of nitrogens with one attached hydrogen (secondary N) is 2. The van der Waals surface area contributed by atoms with Crippen molar-refractivity contribution in [2.75, 3.05) is 0 Å². The van der Waals surface area contributed by atoms with Crippen LogP contribution in [-0.2, 0) is 4.79 Å². The first-order valence-electron chi connectivity index (χ1n) is 6.45. The van der Waals surface area contributed by atoms with Crippen LogP contribution in [0, 0.1) is 5.92 Å². The molecule has 1 aromatic heterocycles. The lowest BCUT2D eigenvalue weighted by Crippen LogP contribution is -2.39. The number of amides is 3. The summed E-state index contributed by atoms with van der Waals surface area (Å²) in [6, 6.07) is 3.04. The minimum absolute atomic E-state index is 0.0495. The second kappa shape index (κ2) is 6.06. The molecule has 1 aliphatic carbocycles. The molecule has 0 saturated heterocycles. The van der Waals surface area contributed by atoms with E-state index in [9.17, 15) is 9.59 Å². The van der Waals surface area contributed by atoms with Gasteiger partial charge in [0.25, 0.3) is 0 Å². The Kier molecular flexibility index (Phi) is 4.42. The van der Waals surface area contributed by atoms with Crippen molar-refractivity contribution >= 4 is 23.3 Å². The number of hydrogen-bond donors (Lipinski definition) is 3. The fourth-order valence-corrected chi connectivity index (χ4v) is 2.87. The molecule has 0 aliphatic heterocycles. The first kappa shape index (κ1) is 13.9. The van der Waals surface area contributed by atoms with Crippen LogP contribution >= 0.6 is 11.3 Å². The van der Waals surface area contributed by atoms with Crippen LogP contribution in [0.3, 0.4) is 0 Å². The van der Waals surface area contributed by atoms with E-state index in [1.807, 2.05) is 24.4 Å². The maximum atomic E-state index is 12.0. The molecule has 104 valence electrons. The van der Waals surface area contributed by atoms with Crippen molar-refractivity contribution < 1.29 is 9.59 Å². The Morgan fingerprint density at radius 3 is 2.74 bits per heavy atom. The molecule has 0 radical (unpaired) electrons. The van der Waals surface area contributed by atoms with Gasteiger partial charge in [-0.15, -0.1) is 11.3 Å². The second-order valence-corrected chi connectivity index (χ2v) is 5.95. The van der Waals surface area contributed by atoms with E-state index in [0.29, 0.717) is 5.92 Å². The highest BCUT2D eigenvalue weighted by Gasteiger charge is 2.29. The minimum Gasteiger partial charge on any atom is -0.353 e. The number of primary amides is 1. The zero-order valence-electron chi connectivity index (χ0n) is 10.9. The molecule has 1 fully saturated rings. The van der Waals surface area contributed by atoms with Crippen molar-refractivity contribution in [3.05, 3.63) is 22.4 Å². The SMILES string of the molecule is CC(NC(=O)CC(NC(N)=O)c1cccs1)C1CC1. The summed E-state index contributed by atoms with van der Waals surface area (Å²) in [5, 5.41) is 7.51. The molecule has 0 bridgehead atoms. The van der Waals surface area contributed by atoms with E-state index in [4.69, 9.17) is 5.73 Å². The predicted molar refractivity (Wildman–Crippen MR) is 74.7 cm³/mol. The van der Waals surface area contributed by atoms with Crippen LogP contribution < -0.4 is 16.4 Å². The van der Waals surface area contributed by atoms with Crippen molar-refractivity contribution in [3.8, 4) is 0 Å². The predicted octanol–water partition coefficient (Wildman–Crippen LogP) is 1.76. The van der Waals surface area contributed by atoms with E-state index in [0.717, 1.165) is 4.88 Å². The Morgan fingerprint density at radius 1 is 1.47 bits per heavy atom. The van der Waals surface area contributed by atoms with Crippen LogP contribution in [0.5, 0.6) is 0 Å². The van der Waals surface area contributed by atoms with Crippen molar-refractivity contribution in [3.63, 3.8) is 0 Å². The largest absolute Gasteiger partial charge is 0.353 e. The van der Waals surface area contributed by atoms with Crippen LogP contribution in [0.2, 0.25) is 0 Å². The topological polar surface area (TPSA) is 84.2 Å². The molecular formula is C13H19N3O2S. The van der Waals surface area contributed by atoms with Crippen LogP contribution in [-0.4, -0.2) is 18.0 Å². The fourth-order valence-electron chi connectivity index (χ4n) is 2.10. The molecule has 1 aromatic rings. The molecule has 3 amide bonds. The van der Waals surface area contributed by atoms with Gasteiger partial charge in [0.05, 0.1) is 12.5 Å². The standard InChI is InChI=1S/C13H19N3O2S/c1-8(9-4-5-9)15-12(17)7-10(16-13(14)18)11-3-2-6-19-11/h2-3,6,8-10H,4-5,7H2,1H3,(H,15,17)(H3,14,16,18). The number of urea groups is 1. The van der Waals surface area contributed by atoms with Gasteiger partial charge in [0.15, 0.2) is 0 Å². The Labute approximate surface area is 116 Å². The zero-order valence-corrected chi connectivity index (χ0v) is 11.7. The molecule has 2 atom stereocenters. The average molecular weight is 281 g/mol. The lowest BCUT2D eigenvalue weighted by molar-refractivity contribution is -0.122. The molecular weight excluding hydrogens is 262 g/mol. The van der Waals surface area contributed by atoms with Gasteiger partial charge in [-0.2, -0.15) is 0 Å². The van der Waals surface area contributed by atoms with E-state index < -0.39 is 6.03 Å². The number of carbonyl (C=O) groups is 2. The third kappa shape index (κ3) is 4.24. The highest BCUT2D eigenvalue weighted by molar-refractivity contribution is 7.10. The number of hydrogen-bond acceptors (Lipinski definition) is 3. The van der Waals surface area contributed by atoms with Crippen LogP contribution in [0.15, 0.2) is 17.5 Å². The molecule has 1 saturated carbocycles. The lowest BCUT2D eigenvalue weighted by Gasteiger charge is -2.18. The average Bonchev–Trinajstić information content (AvgIpc) is 3.03. The molecule has 2 rings (SSSR count). The van der Waals surface area contributed by atoms with Crippen LogP contribution in [0.1, 0.15) is 37.1 Å². The Bertz CT molecular complexity index is 443. The monoisotopic (exact) mass is 281 g/mol. The van der Waals surface area contributed by atoms with Gasteiger partial charge in [-0.25, -0.2) is 4.79 Å². The molecule has 0 aromatic carbocycles. The molecule has 19 heavy (non-hydrogen) atoms. The quantitative estimate of drug-likeness (QED) is 0.742. The first-order valence-corrected chi connectivity index (χ1v) is 7.33. The van der Waals surface area contributed by atoms with Crippen molar-refractivity contribution in [1.82, 2.24) is 10.6 Å². The summed E-state index contributed by atoms with van der Waals surface area (Å²) < 4.78 is 0. The van der Waals surface area contributed by atoms with E-state index >= 15 is 0 Å². The minimum atomic E-state index is -0.610. The molecule has 1 aliphatic rings. The molecule has 5 nitrogen and oxygen atoms in total. The smallest absolute Gasteiger partial charge is 0.312 e. The van der Waals surface area contributed by atoms with E-state index in [1.165, 1.54) is 24.2 Å². The van der Waals surface area contributed by atoms with Gasteiger partial charge in [-0.1, -0.05) is 6.07 Å². The summed E-state index contributed by atoms with van der Waals surface area (Å²) in [7, 11) is 0. The summed E-state index contributed by atoms with van der Waals surface area (Å²) in [5.74, 6) is 0.569. The Morgan fingerprint density at radius 2 is 2.21 bits per heavy atom. The highest BCUT2D eigenvalue weighted by atomic mass is 32.1. The van der Waals surface area contributed by atoms with E-state index in [-0.39, 0.29) is 24.4 Å². The third-order valence-corrected chi connectivity index (χ3v) is 4.30. The third-order valence-electron chi connectivity index (χ3n) is 3.31. The van der Waals surface area contributed by atoms with Gasteiger partial charge in [-0.05, 0) is 37.1 Å². The van der Waals surface area contributed by atoms with E-state index in [2.05, 4.69) is 10.6 Å². The second-order valence-electron chi connectivity index (χ2n) is 4.97. The van der Waals surface area contributed by atoms with Gasteiger partial charge >= 0.3 is 6.03 Å². The molecule has 4 N–H and O–H groups in total. The van der Waals surface area contributed by atoms with Gasteiger partial charge in [0.1, 0.15) is 0 Å². The normalized spacial score (nSPS) is 17.5. The van der Waals surface area contributed by atoms with Crippen LogP contribution in [0.25, 0.3) is 0 Å². The summed E-state index contributed by atoms with van der Waals surface area (Å²) >= 11 is 1.50. The maximum absolute atomic E-state index is 12.0. The maximum Gasteiger partial charge on any atom is 0.312 e. The van der Waals surface area contributed by atoms with E-state index in [1.54, 1.807) is 0 Å². The first-order chi connectivity index (χ1) is 9.06. The van der Waals surface area contributed by atoms with Crippen molar-refractivity contribution in [2.45, 2.75) is 38.3 Å². The van der Waals surface area contributed by atoms with Crippen molar-refractivity contribution in [2.24, 2.45) is 11.7 Å². The lowest BCUT2D eigenvalue weighted by atomic mass is 10.1. The van der Waals surface area contributed by atoms with Crippen LogP contribution in [0.4, 0.5) is 4.79 Å². The molecule has 0 spiro atoms. The summed E-state index contributed by atoms with van der Waals surface area (Å²) in [6.07, 6.45) is 2.60. The van der Waals surface area contributed by atoms with Gasteiger partial charge in [0.2, 0.25) is 5.91 Å². The summed E-state index contributed by atoms with van der Waals surface area (Å²) in [6.45, 7) is 2.03. The number of thiophene rings is 1. The fraction of sp³-hybridized carbons (Fsp3) is 0.538. The Balaban J connectivity index is 1.91. The molecule has 6 heteroatoms. The number of carbonyl (C=O) groups excluding carboxylic acids is 2. The number of rotatable bonds is 6. The van der Waals surface area contributed by atoms with Gasteiger partial charge in [-0.3, -0.25) is 4.79 Å².